The second kappa shape index (κ2) is 8.18. The van der Waals surface area contributed by atoms with E-state index in [4.69, 9.17) is 0 Å². The van der Waals surface area contributed by atoms with Crippen LogP contribution in [0.1, 0.15) is 34.3 Å². The zero-order valence-corrected chi connectivity index (χ0v) is 16.6. The first-order chi connectivity index (χ1) is 12.5. The van der Waals surface area contributed by atoms with Gasteiger partial charge in [0.2, 0.25) is 0 Å². The van der Waals surface area contributed by atoms with Gasteiger partial charge in [0, 0.05) is 51.0 Å². The number of thiazole rings is 1. The fraction of sp³-hybridized carbons (Fsp3) is 0.500. The third-order valence-corrected chi connectivity index (χ3v) is 6.27. The van der Waals surface area contributed by atoms with Crippen LogP contribution < -0.4 is 9.77 Å². The Hall–Kier alpha value is -1.92. The molecule has 0 atom stereocenters. The highest BCUT2D eigenvalue weighted by Crippen LogP contribution is 2.17. The summed E-state index contributed by atoms with van der Waals surface area (Å²) < 4.78 is 1.75. The molecule has 1 fully saturated rings. The van der Waals surface area contributed by atoms with Crippen molar-refractivity contribution < 1.29 is 4.79 Å². The molecule has 0 unspecified atom stereocenters. The molecule has 3 rings (SSSR count). The van der Waals surface area contributed by atoms with Crippen molar-refractivity contribution in [1.82, 2.24) is 9.47 Å². The molecule has 1 aromatic carbocycles. The van der Waals surface area contributed by atoms with Crippen LogP contribution in [0.3, 0.4) is 0 Å². The van der Waals surface area contributed by atoms with E-state index in [1.54, 1.807) is 4.57 Å². The van der Waals surface area contributed by atoms with Gasteiger partial charge in [-0.2, -0.15) is 0 Å². The number of nitrogens with zero attached hydrogens (tertiary/aromatic N) is 3. The van der Waals surface area contributed by atoms with Gasteiger partial charge in [0.1, 0.15) is 0 Å². The number of carbonyl (C=O) groups excluding carboxylic acids is 1. The van der Waals surface area contributed by atoms with E-state index in [-0.39, 0.29) is 10.7 Å². The Morgan fingerprint density at radius 3 is 2.27 bits per heavy atom. The number of hydrogen-bond donors (Lipinski definition) is 0. The second-order valence-corrected chi connectivity index (χ2v) is 7.97. The number of benzene rings is 1. The molecule has 1 aliphatic rings. The van der Waals surface area contributed by atoms with Gasteiger partial charge >= 0.3 is 4.87 Å². The standard InChI is InChI=1S/C20H27N3O2S/c1-15-5-7-18(8-6-15)22-13-11-21(12-14-22)9-4-10-23-16(2)19(17(3)24)26-20(23)25/h5-8H,4,9-14H2,1-3H3. The van der Waals surface area contributed by atoms with Gasteiger partial charge in [0.15, 0.2) is 5.78 Å². The summed E-state index contributed by atoms with van der Waals surface area (Å²) in [4.78, 5) is 29.1. The quantitative estimate of drug-likeness (QED) is 0.731. The van der Waals surface area contributed by atoms with Gasteiger partial charge in [0.25, 0.3) is 0 Å². The smallest absolute Gasteiger partial charge is 0.307 e. The first-order valence-electron chi connectivity index (χ1n) is 9.21. The molecule has 0 aliphatic carbocycles. The van der Waals surface area contributed by atoms with Crippen LogP contribution in [0.4, 0.5) is 5.69 Å². The maximum Gasteiger partial charge on any atom is 0.307 e. The van der Waals surface area contributed by atoms with Crippen molar-refractivity contribution in [2.45, 2.75) is 33.7 Å². The Morgan fingerprint density at radius 1 is 1.04 bits per heavy atom. The van der Waals surface area contributed by atoms with E-state index in [1.807, 2.05) is 6.92 Å². The third-order valence-electron chi connectivity index (χ3n) is 5.09. The molecule has 6 heteroatoms. The van der Waals surface area contributed by atoms with Crippen LogP contribution in [0.15, 0.2) is 29.1 Å². The third kappa shape index (κ3) is 4.24. The minimum absolute atomic E-state index is 0.0168. The number of carbonyl (C=O) groups is 1. The van der Waals surface area contributed by atoms with E-state index in [0.717, 1.165) is 56.2 Å². The lowest BCUT2D eigenvalue weighted by atomic mass is 10.2. The molecule has 1 aliphatic heterocycles. The van der Waals surface area contributed by atoms with E-state index in [2.05, 4.69) is 41.0 Å². The summed E-state index contributed by atoms with van der Waals surface area (Å²) in [7, 11) is 0. The maximum absolute atomic E-state index is 12.1. The number of aromatic nitrogens is 1. The molecule has 0 N–H and O–H groups in total. The molecule has 0 radical (unpaired) electrons. The minimum atomic E-state index is -0.0180. The lowest BCUT2D eigenvalue weighted by Crippen LogP contribution is -2.46. The van der Waals surface area contributed by atoms with E-state index >= 15 is 0 Å². The van der Waals surface area contributed by atoms with Crippen LogP contribution in [-0.2, 0) is 6.54 Å². The predicted octanol–water partition coefficient (Wildman–Crippen LogP) is 2.94. The fourth-order valence-corrected chi connectivity index (χ4v) is 4.41. The molecule has 2 heterocycles. The van der Waals surface area contributed by atoms with Crippen molar-refractivity contribution >= 4 is 22.8 Å². The van der Waals surface area contributed by atoms with Crippen molar-refractivity contribution in [2.75, 3.05) is 37.6 Å². The van der Waals surface area contributed by atoms with Gasteiger partial charge in [-0.3, -0.25) is 14.5 Å². The number of rotatable bonds is 6. The summed E-state index contributed by atoms with van der Waals surface area (Å²) in [5.41, 5.74) is 3.41. The summed E-state index contributed by atoms with van der Waals surface area (Å²) in [6.45, 7) is 11.3. The first-order valence-corrected chi connectivity index (χ1v) is 10.0. The zero-order chi connectivity index (χ0) is 18.7. The van der Waals surface area contributed by atoms with Crippen molar-refractivity contribution in [3.63, 3.8) is 0 Å². The van der Waals surface area contributed by atoms with Gasteiger partial charge in [-0.1, -0.05) is 29.0 Å². The van der Waals surface area contributed by atoms with Crippen LogP contribution in [-0.4, -0.2) is 48.0 Å². The van der Waals surface area contributed by atoms with Gasteiger partial charge < -0.3 is 9.47 Å². The Kier molecular flexibility index (Phi) is 5.94. The molecule has 1 saturated heterocycles. The van der Waals surface area contributed by atoms with Gasteiger partial charge in [0.05, 0.1) is 4.88 Å². The first kappa shape index (κ1) is 18.9. The maximum atomic E-state index is 12.1. The highest BCUT2D eigenvalue weighted by Gasteiger charge is 2.18. The minimum Gasteiger partial charge on any atom is -0.369 e. The van der Waals surface area contributed by atoms with E-state index in [1.165, 1.54) is 18.2 Å². The molecule has 1 aromatic heterocycles. The van der Waals surface area contributed by atoms with E-state index < -0.39 is 0 Å². The molecular weight excluding hydrogens is 346 g/mol. The molecule has 0 spiro atoms. The molecule has 2 aromatic rings. The highest BCUT2D eigenvalue weighted by atomic mass is 32.1. The monoisotopic (exact) mass is 373 g/mol. The summed E-state index contributed by atoms with van der Waals surface area (Å²) in [5.74, 6) is -0.0180. The van der Waals surface area contributed by atoms with Crippen LogP contribution in [0, 0.1) is 13.8 Å². The normalized spacial score (nSPS) is 15.4. The number of ketones is 1. The molecule has 0 saturated carbocycles. The van der Waals surface area contributed by atoms with Crippen molar-refractivity contribution in [3.05, 3.63) is 50.1 Å². The van der Waals surface area contributed by atoms with Crippen LogP contribution >= 0.6 is 11.3 Å². The summed E-state index contributed by atoms with van der Waals surface area (Å²) in [6.07, 6.45) is 0.930. The Bertz CT molecular complexity index is 815. The molecular formula is C20H27N3O2S. The summed E-state index contributed by atoms with van der Waals surface area (Å²) in [5, 5.41) is 0. The van der Waals surface area contributed by atoms with Crippen molar-refractivity contribution in [1.29, 1.82) is 0 Å². The van der Waals surface area contributed by atoms with Crippen LogP contribution in [0.25, 0.3) is 0 Å². The van der Waals surface area contributed by atoms with Gasteiger partial charge in [-0.05, 0) is 38.9 Å². The number of piperazine rings is 1. The Balaban J connectivity index is 1.48. The Morgan fingerprint density at radius 2 is 1.69 bits per heavy atom. The Labute approximate surface area is 158 Å². The number of aryl methyl sites for hydroxylation is 1. The molecule has 0 amide bonds. The second-order valence-electron chi connectivity index (χ2n) is 7.01. The van der Waals surface area contributed by atoms with Crippen LogP contribution in [0.2, 0.25) is 0 Å². The summed E-state index contributed by atoms with van der Waals surface area (Å²) >= 11 is 1.07. The molecule has 0 bridgehead atoms. The number of hydrogen-bond acceptors (Lipinski definition) is 5. The van der Waals surface area contributed by atoms with Crippen LogP contribution in [0.5, 0.6) is 0 Å². The van der Waals surface area contributed by atoms with Crippen molar-refractivity contribution in [3.8, 4) is 0 Å². The fourth-order valence-electron chi connectivity index (χ4n) is 3.50. The number of anilines is 1. The topological polar surface area (TPSA) is 45.6 Å². The molecule has 5 nitrogen and oxygen atoms in total. The largest absolute Gasteiger partial charge is 0.369 e. The van der Waals surface area contributed by atoms with E-state index in [9.17, 15) is 9.59 Å². The lowest BCUT2D eigenvalue weighted by Gasteiger charge is -2.36. The van der Waals surface area contributed by atoms with Gasteiger partial charge in [-0.25, -0.2) is 0 Å². The lowest BCUT2D eigenvalue weighted by molar-refractivity contribution is 0.102. The SMILES string of the molecule is CC(=O)c1sc(=O)n(CCCN2CCN(c3ccc(C)cc3)CC2)c1C. The van der Waals surface area contributed by atoms with E-state index in [0.29, 0.717) is 11.4 Å². The van der Waals surface area contributed by atoms with Crippen molar-refractivity contribution in [2.24, 2.45) is 0 Å². The highest BCUT2D eigenvalue weighted by molar-refractivity contribution is 7.11. The molecule has 26 heavy (non-hydrogen) atoms. The molecule has 140 valence electrons. The number of Topliss-reactive ketones (excluding diaryl/α,β-unsaturated/α-hetero) is 1. The van der Waals surface area contributed by atoms with Gasteiger partial charge in [-0.15, -0.1) is 0 Å². The average Bonchev–Trinajstić information content (AvgIpc) is 2.91. The summed E-state index contributed by atoms with van der Waals surface area (Å²) in [6, 6.07) is 8.72. The average molecular weight is 374 g/mol. The predicted molar refractivity (Wildman–Crippen MR) is 108 cm³/mol. The zero-order valence-electron chi connectivity index (χ0n) is 15.8.